The Bertz CT molecular complexity index is 904. The lowest BCUT2D eigenvalue weighted by Gasteiger charge is -2.29. The van der Waals surface area contributed by atoms with E-state index in [0.717, 1.165) is 30.6 Å². The predicted octanol–water partition coefficient (Wildman–Crippen LogP) is 3.71. The maximum Gasteiger partial charge on any atom is 0.236 e. The van der Waals surface area contributed by atoms with Crippen LogP contribution in [-0.2, 0) is 9.59 Å². The lowest BCUT2D eigenvalue weighted by atomic mass is 10.1. The molecular formula is C27H36F2N4O2. The normalized spacial score (nSPS) is 16.9. The van der Waals surface area contributed by atoms with Crippen molar-refractivity contribution in [1.82, 2.24) is 19.6 Å². The number of nitrogens with zero attached hydrogens (tertiary/aromatic N) is 4. The van der Waals surface area contributed by atoms with Gasteiger partial charge in [0, 0.05) is 27.2 Å². The molecule has 1 aliphatic heterocycles. The molecule has 2 aromatic rings. The number of hydrogen-bond donors (Lipinski definition) is 0. The SMILES string of the molecule is CC(c1ccc(F)cc1)N(C)C(=O)CN1CCCN(CC(=O)N(C)C(C)c2ccc(F)cc2)CC1. The number of hydrogen-bond acceptors (Lipinski definition) is 4. The van der Waals surface area contributed by atoms with E-state index in [1.54, 1.807) is 48.2 Å². The first kappa shape index (κ1) is 26.8. The molecule has 1 aliphatic rings. The Balaban J connectivity index is 1.48. The van der Waals surface area contributed by atoms with Crippen molar-refractivity contribution in [3.63, 3.8) is 0 Å². The number of benzene rings is 2. The lowest BCUT2D eigenvalue weighted by molar-refractivity contribution is -0.134. The number of halogens is 2. The minimum atomic E-state index is -0.293. The first-order chi connectivity index (χ1) is 16.7. The second-order valence-corrected chi connectivity index (χ2v) is 9.37. The Kier molecular flexibility index (Phi) is 9.34. The summed E-state index contributed by atoms with van der Waals surface area (Å²) < 4.78 is 26.4. The molecule has 0 bridgehead atoms. The third-order valence-corrected chi connectivity index (χ3v) is 7.05. The van der Waals surface area contributed by atoms with Gasteiger partial charge in [0.1, 0.15) is 11.6 Å². The van der Waals surface area contributed by atoms with Crippen molar-refractivity contribution in [2.45, 2.75) is 32.4 Å². The second kappa shape index (κ2) is 12.2. The molecule has 2 unspecified atom stereocenters. The largest absolute Gasteiger partial charge is 0.338 e. The van der Waals surface area contributed by atoms with Crippen LogP contribution in [0.4, 0.5) is 8.78 Å². The van der Waals surface area contributed by atoms with Gasteiger partial charge in [0.15, 0.2) is 0 Å². The van der Waals surface area contributed by atoms with Crippen LogP contribution in [0.2, 0.25) is 0 Å². The van der Waals surface area contributed by atoms with E-state index in [1.807, 2.05) is 13.8 Å². The van der Waals surface area contributed by atoms with E-state index >= 15 is 0 Å². The molecule has 0 radical (unpaired) electrons. The van der Waals surface area contributed by atoms with Crippen LogP contribution in [0.15, 0.2) is 48.5 Å². The van der Waals surface area contributed by atoms with E-state index < -0.39 is 0 Å². The Labute approximate surface area is 207 Å². The third kappa shape index (κ3) is 7.32. The van der Waals surface area contributed by atoms with E-state index in [2.05, 4.69) is 9.80 Å². The number of rotatable bonds is 8. The number of amides is 2. The van der Waals surface area contributed by atoms with Crippen LogP contribution in [0.5, 0.6) is 0 Å². The molecule has 6 nitrogen and oxygen atoms in total. The summed E-state index contributed by atoms with van der Waals surface area (Å²) in [6, 6.07) is 12.2. The average molecular weight is 487 g/mol. The lowest BCUT2D eigenvalue weighted by Crippen LogP contribution is -2.42. The zero-order valence-electron chi connectivity index (χ0n) is 21.1. The Hall–Kier alpha value is -2.84. The minimum Gasteiger partial charge on any atom is -0.338 e. The van der Waals surface area contributed by atoms with Gasteiger partial charge in [-0.15, -0.1) is 0 Å². The summed E-state index contributed by atoms with van der Waals surface area (Å²) in [4.78, 5) is 33.5. The van der Waals surface area contributed by atoms with Gasteiger partial charge in [-0.25, -0.2) is 8.78 Å². The van der Waals surface area contributed by atoms with Crippen molar-refractivity contribution in [3.05, 3.63) is 71.3 Å². The Morgan fingerprint density at radius 2 is 1.06 bits per heavy atom. The molecule has 0 N–H and O–H groups in total. The minimum absolute atomic E-state index is 0.0132. The fourth-order valence-electron chi connectivity index (χ4n) is 4.31. The number of carbonyl (C=O) groups excluding carboxylic acids is 2. The van der Waals surface area contributed by atoms with E-state index in [9.17, 15) is 18.4 Å². The van der Waals surface area contributed by atoms with Gasteiger partial charge >= 0.3 is 0 Å². The molecule has 2 amide bonds. The molecule has 0 aliphatic carbocycles. The summed E-state index contributed by atoms with van der Waals surface area (Å²) in [5.74, 6) is -0.560. The van der Waals surface area contributed by atoms with Gasteiger partial charge in [0.2, 0.25) is 11.8 Å². The van der Waals surface area contributed by atoms with E-state index in [4.69, 9.17) is 0 Å². The summed E-state index contributed by atoms with van der Waals surface area (Å²) in [7, 11) is 3.55. The second-order valence-electron chi connectivity index (χ2n) is 9.37. The standard InChI is InChI=1S/C27H36F2N4O2/c1-20(22-6-10-24(28)11-7-22)30(3)26(34)18-32-14-5-15-33(17-16-32)19-27(35)31(4)21(2)23-8-12-25(29)13-9-23/h6-13,20-21H,5,14-19H2,1-4H3. The van der Waals surface area contributed by atoms with Crippen LogP contribution in [0.1, 0.15) is 43.5 Å². The topological polar surface area (TPSA) is 47.1 Å². The summed E-state index contributed by atoms with van der Waals surface area (Å²) >= 11 is 0. The molecule has 2 atom stereocenters. The van der Waals surface area contributed by atoms with Gasteiger partial charge in [0.25, 0.3) is 0 Å². The molecule has 190 valence electrons. The molecule has 8 heteroatoms. The molecule has 0 spiro atoms. The number of carbonyl (C=O) groups is 2. The predicted molar refractivity (Wildman–Crippen MR) is 133 cm³/mol. The van der Waals surface area contributed by atoms with E-state index in [0.29, 0.717) is 26.2 Å². The van der Waals surface area contributed by atoms with Gasteiger partial charge in [-0.3, -0.25) is 19.4 Å². The highest BCUT2D eigenvalue weighted by Gasteiger charge is 2.24. The third-order valence-electron chi connectivity index (χ3n) is 7.05. The maximum absolute atomic E-state index is 13.2. The Morgan fingerprint density at radius 1 is 0.714 bits per heavy atom. The summed E-state index contributed by atoms with van der Waals surface area (Å²) in [6.45, 7) is 7.48. The van der Waals surface area contributed by atoms with Crippen LogP contribution in [0.3, 0.4) is 0 Å². The Morgan fingerprint density at radius 3 is 1.40 bits per heavy atom. The fraction of sp³-hybridized carbons (Fsp3) is 0.481. The molecule has 1 fully saturated rings. The van der Waals surface area contributed by atoms with Crippen LogP contribution < -0.4 is 0 Å². The zero-order valence-corrected chi connectivity index (χ0v) is 21.1. The number of likely N-dealkylation sites (N-methyl/N-ethyl adjacent to an activating group) is 2. The van der Waals surface area contributed by atoms with Crippen LogP contribution in [0.25, 0.3) is 0 Å². The van der Waals surface area contributed by atoms with Gasteiger partial charge in [-0.1, -0.05) is 24.3 Å². The molecule has 35 heavy (non-hydrogen) atoms. The highest BCUT2D eigenvalue weighted by Crippen LogP contribution is 2.21. The molecule has 3 rings (SSSR count). The highest BCUT2D eigenvalue weighted by atomic mass is 19.1. The summed E-state index contributed by atoms with van der Waals surface area (Å²) in [5.41, 5.74) is 1.78. The monoisotopic (exact) mass is 486 g/mol. The van der Waals surface area contributed by atoms with Gasteiger partial charge in [-0.05, 0) is 68.8 Å². The van der Waals surface area contributed by atoms with E-state index in [-0.39, 0.29) is 35.5 Å². The van der Waals surface area contributed by atoms with Crippen LogP contribution in [-0.4, -0.2) is 84.8 Å². The fourth-order valence-corrected chi connectivity index (χ4v) is 4.31. The van der Waals surface area contributed by atoms with Gasteiger partial charge < -0.3 is 9.80 Å². The molecule has 0 aromatic heterocycles. The van der Waals surface area contributed by atoms with Crippen LogP contribution in [0, 0.1) is 11.6 Å². The van der Waals surface area contributed by atoms with Crippen molar-refractivity contribution >= 4 is 11.8 Å². The quantitative estimate of drug-likeness (QED) is 0.571. The van der Waals surface area contributed by atoms with E-state index in [1.165, 1.54) is 24.3 Å². The first-order valence-corrected chi connectivity index (χ1v) is 12.1. The summed E-state index contributed by atoms with van der Waals surface area (Å²) in [6.07, 6.45) is 0.870. The van der Waals surface area contributed by atoms with Crippen molar-refractivity contribution in [2.24, 2.45) is 0 Å². The van der Waals surface area contributed by atoms with Crippen molar-refractivity contribution in [1.29, 1.82) is 0 Å². The smallest absolute Gasteiger partial charge is 0.236 e. The molecular weight excluding hydrogens is 450 g/mol. The maximum atomic E-state index is 13.2. The highest BCUT2D eigenvalue weighted by molar-refractivity contribution is 5.79. The van der Waals surface area contributed by atoms with Crippen molar-refractivity contribution < 1.29 is 18.4 Å². The van der Waals surface area contributed by atoms with Crippen molar-refractivity contribution in [3.8, 4) is 0 Å². The first-order valence-electron chi connectivity index (χ1n) is 12.1. The van der Waals surface area contributed by atoms with Crippen LogP contribution >= 0.6 is 0 Å². The summed E-state index contributed by atoms with van der Waals surface area (Å²) in [5, 5.41) is 0. The molecule has 0 saturated carbocycles. The van der Waals surface area contributed by atoms with Gasteiger partial charge in [0.05, 0.1) is 25.2 Å². The molecule has 1 saturated heterocycles. The molecule has 2 aromatic carbocycles. The molecule has 1 heterocycles. The van der Waals surface area contributed by atoms with Gasteiger partial charge in [-0.2, -0.15) is 0 Å². The average Bonchev–Trinajstić information content (AvgIpc) is 3.07. The zero-order chi connectivity index (χ0) is 25.5. The van der Waals surface area contributed by atoms with Crippen molar-refractivity contribution in [2.75, 3.05) is 53.4 Å².